The monoisotopic (exact) mass is 481 g/mol. The Balaban J connectivity index is 1.61. The molecule has 2 aromatic carbocycles. The first-order valence-electron chi connectivity index (χ1n) is 11.0. The summed E-state index contributed by atoms with van der Waals surface area (Å²) in [5.74, 6) is -2.08. The van der Waals surface area contributed by atoms with E-state index < -0.39 is 35.9 Å². The summed E-state index contributed by atoms with van der Waals surface area (Å²) in [6, 6.07) is 16.1. The maximum absolute atomic E-state index is 13.6. The molecule has 6 N–H and O–H groups in total. The lowest BCUT2D eigenvalue weighted by Gasteiger charge is -2.28. The highest BCUT2D eigenvalue weighted by atomic mass is 32.1. The van der Waals surface area contributed by atoms with E-state index in [9.17, 15) is 25.0 Å². The summed E-state index contributed by atoms with van der Waals surface area (Å²) in [5, 5.41) is 37.8. The number of hydrogen-bond donors (Lipinski definition) is 6. The molecule has 178 valence electrons. The maximum Gasteiger partial charge on any atom is 0.261 e. The molecule has 0 bridgehead atoms. The molecule has 34 heavy (non-hydrogen) atoms. The van der Waals surface area contributed by atoms with Gasteiger partial charge >= 0.3 is 0 Å². The van der Waals surface area contributed by atoms with E-state index in [1.54, 1.807) is 17.6 Å². The van der Waals surface area contributed by atoms with Gasteiger partial charge in [-0.2, -0.15) is 0 Å². The molecular weight excluding hydrogens is 454 g/mol. The molecule has 1 heterocycles. The minimum absolute atomic E-state index is 0.0477. The number of hydrogen-bond acceptors (Lipinski definition) is 7. The summed E-state index contributed by atoms with van der Waals surface area (Å²) in [4.78, 5) is 27.2. The van der Waals surface area contributed by atoms with Crippen LogP contribution < -0.4 is 16.1 Å². The molecule has 0 saturated carbocycles. The van der Waals surface area contributed by atoms with Crippen molar-refractivity contribution in [1.29, 1.82) is 0 Å². The Bertz CT molecular complexity index is 1140. The zero-order valence-corrected chi connectivity index (χ0v) is 19.2. The molecule has 0 unspecified atom stereocenters. The van der Waals surface area contributed by atoms with E-state index >= 15 is 0 Å². The van der Waals surface area contributed by atoms with Crippen molar-refractivity contribution < 1.29 is 25.0 Å². The summed E-state index contributed by atoms with van der Waals surface area (Å²) in [5.41, 5.74) is 4.13. The number of hydroxylamine groups is 1. The predicted molar refractivity (Wildman–Crippen MR) is 127 cm³/mol. The molecule has 1 aliphatic rings. The molecule has 4 atom stereocenters. The Morgan fingerprint density at radius 3 is 2.62 bits per heavy atom. The van der Waals surface area contributed by atoms with E-state index in [2.05, 4.69) is 10.6 Å². The molecule has 0 spiro atoms. The van der Waals surface area contributed by atoms with Crippen LogP contribution >= 0.6 is 11.3 Å². The van der Waals surface area contributed by atoms with Gasteiger partial charge in [-0.25, -0.2) is 5.48 Å². The molecule has 1 aromatic heterocycles. The number of nitrogens with one attached hydrogen (secondary N) is 3. The fourth-order valence-corrected chi connectivity index (χ4v) is 5.07. The minimum Gasteiger partial charge on any atom is -0.508 e. The van der Waals surface area contributed by atoms with Gasteiger partial charge in [-0.1, -0.05) is 42.5 Å². The molecule has 4 rings (SSSR count). The van der Waals surface area contributed by atoms with Crippen molar-refractivity contribution in [2.45, 2.75) is 37.6 Å². The lowest BCUT2D eigenvalue weighted by Crippen LogP contribution is -2.54. The molecule has 0 saturated heterocycles. The van der Waals surface area contributed by atoms with Crippen LogP contribution in [0.25, 0.3) is 0 Å². The third-order valence-corrected chi connectivity index (χ3v) is 6.95. The number of benzene rings is 2. The number of aromatic hydroxyl groups is 1. The lowest BCUT2D eigenvalue weighted by atomic mass is 9.89. The zero-order chi connectivity index (χ0) is 24.1. The van der Waals surface area contributed by atoms with Crippen molar-refractivity contribution in [2.24, 2.45) is 5.92 Å². The van der Waals surface area contributed by atoms with Crippen LogP contribution in [0.15, 0.2) is 66.0 Å². The number of fused-ring (bicyclic) bond motifs is 1. The smallest absolute Gasteiger partial charge is 0.261 e. The first kappa shape index (κ1) is 23.9. The number of phenols is 1. The lowest BCUT2D eigenvalue weighted by molar-refractivity contribution is -0.138. The van der Waals surface area contributed by atoms with E-state index in [4.69, 9.17) is 0 Å². The van der Waals surface area contributed by atoms with Crippen molar-refractivity contribution >= 4 is 23.2 Å². The first-order chi connectivity index (χ1) is 16.5. The molecule has 8 nitrogen and oxygen atoms in total. The number of carbonyl (C=O) groups is 2. The number of rotatable bonds is 9. The van der Waals surface area contributed by atoms with Crippen LogP contribution in [0.2, 0.25) is 0 Å². The Labute approximate surface area is 201 Å². The largest absolute Gasteiger partial charge is 0.508 e. The molecule has 9 heteroatoms. The Morgan fingerprint density at radius 1 is 1.06 bits per heavy atom. The summed E-state index contributed by atoms with van der Waals surface area (Å²) in [6.07, 6.45) is -0.234. The summed E-state index contributed by atoms with van der Waals surface area (Å²) < 4.78 is 0. The average Bonchev–Trinajstić information content (AvgIpc) is 3.46. The third kappa shape index (κ3) is 5.45. The van der Waals surface area contributed by atoms with Crippen LogP contribution in [0, 0.1) is 5.92 Å². The molecule has 3 aromatic rings. The average molecular weight is 482 g/mol. The van der Waals surface area contributed by atoms with Crippen LogP contribution in [0.1, 0.15) is 27.6 Å². The highest BCUT2D eigenvalue weighted by Gasteiger charge is 2.38. The van der Waals surface area contributed by atoms with E-state index in [1.165, 1.54) is 23.5 Å². The van der Waals surface area contributed by atoms with Crippen molar-refractivity contribution in [3.8, 4) is 5.75 Å². The van der Waals surface area contributed by atoms with Crippen LogP contribution in [0.3, 0.4) is 0 Å². The van der Waals surface area contributed by atoms with Gasteiger partial charge in [0.1, 0.15) is 11.8 Å². The molecule has 0 fully saturated rings. The number of phenolic OH excluding ortho intramolecular Hbond substituents is 1. The topological polar surface area (TPSA) is 131 Å². The standard InChI is InChI=1S/C25H27N3O5S/c29-17-7-3-5-15(11-17)12-20(23(25(32)28-33)26-14-18-8-4-10-34-18)24(31)27-22-19-9-2-1-6-16(19)13-21(22)30/h1-11,20-23,26,29-30,33H,12-14H2,(H,27,31)(H,28,32)/t20-,21-,22+,23+/m1/s1. The van der Waals surface area contributed by atoms with Gasteiger partial charge < -0.3 is 20.8 Å². The normalized spacial score (nSPS) is 18.6. The van der Waals surface area contributed by atoms with Gasteiger partial charge in [-0.3, -0.25) is 14.8 Å². The number of aliphatic hydroxyl groups is 1. The first-order valence-corrected chi connectivity index (χ1v) is 11.9. The van der Waals surface area contributed by atoms with Gasteiger partial charge in [0.05, 0.1) is 18.1 Å². The fraction of sp³-hybridized carbons (Fsp3) is 0.280. The van der Waals surface area contributed by atoms with Crippen molar-refractivity contribution in [3.05, 3.63) is 87.6 Å². The van der Waals surface area contributed by atoms with E-state index in [1.807, 2.05) is 41.8 Å². The number of thiophene rings is 1. The second kappa shape index (κ2) is 10.8. The second-order valence-corrected chi connectivity index (χ2v) is 9.38. The van der Waals surface area contributed by atoms with Crippen LogP contribution in [0.5, 0.6) is 5.75 Å². The Morgan fingerprint density at radius 2 is 1.88 bits per heavy atom. The molecule has 0 radical (unpaired) electrons. The molecule has 1 aliphatic carbocycles. The van der Waals surface area contributed by atoms with E-state index in [0.29, 0.717) is 18.5 Å². The quantitative estimate of drug-likeness (QED) is 0.205. The summed E-state index contributed by atoms with van der Waals surface area (Å²) in [7, 11) is 0. The van der Waals surface area contributed by atoms with Gasteiger partial charge in [0, 0.05) is 17.8 Å². The minimum atomic E-state index is -1.07. The van der Waals surface area contributed by atoms with Gasteiger partial charge in [0.25, 0.3) is 5.91 Å². The van der Waals surface area contributed by atoms with Gasteiger partial charge in [0.2, 0.25) is 5.91 Å². The predicted octanol–water partition coefficient (Wildman–Crippen LogP) is 2.05. The number of amides is 2. The number of carbonyl (C=O) groups excluding carboxylic acids is 2. The maximum atomic E-state index is 13.6. The number of aliphatic hydroxyl groups excluding tert-OH is 1. The highest BCUT2D eigenvalue weighted by molar-refractivity contribution is 7.09. The molecule has 2 amide bonds. The molecule has 0 aliphatic heterocycles. The van der Waals surface area contributed by atoms with Gasteiger partial charge in [-0.05, 0) is 46.7 Å². The SMILES string of the molecule is O=C(NO)[C@@H](NCc1cccs1)[C@@H](Cc1cccc(O)c1)C(=O)N[C@H]1c2ccccc2C[C@H]1O. The van der Waals surface area contributed by atoms with Crippen molar-refractivity contribution in [3.63, 3.8) is 0 Å². The third-order valence-electron chi connectivity index (χ3n) is 6.08. The van der Waals surface area contributed by atoms with Gasteiger partial charge in [0.15, 0.2) is 0 Å². The summed E-state index contributed by atoms with van der Waals surface area (Å²) in [6.45, 7) is 0.328. The van der Waals surface area contributed by atoms with Crippen molar-refractivity contribution in [1.82, 2.24) is 16.1 Å². The summed E-state index contributed by atoms with van der Waals surface area (Å²) >= 11 is 1.51. The van der Waals surface area contributed by atoms with E-state index in [-0.39, 0.29) is 12.2 Å². The highest BCUT2D eigenvalue weighted by Crippen LogP contribution is 2.32. The van der Waals surface area contributed by atoms with Crippen LogP contribution in [0.4, 0.5) is 0 Å². The van der Waals surface area contributed by atoms with Crippen molar-refractivity contribution in [2.75, 3.05) is 0 Å². The molecular formula is C25H27N3O5S. The Kier molecular flexibility index (Phi) is 7.59. The second-order valence-electron chi connectivity index (χ2n) is 8.35. The van der Waals surface area contributed by atoms with E-state index in [0.717, 1.165) is 16.0 Å². The van der Waals surface area contributed by atoms with Crippen LogP contribution in [-0.2, 0) is 29.0 Å². The fourth-order valence-electron chi connectivity index (χ4n) is 4.42. The van der Waals surface area contributed by atoms with Crippen LogP contribution in [-0.4, -0.2) is 39.4 Å². The Hall–Kier alpha value is -3.24. The van der Waals surface area contributed by atoms with Gasteiger partial charge in [-0.15, -0.1) is 11.3 Å². The zero-order valence-electron chi connectivity index (χ0n) is 18.3.